The van der Waals surface area contributed by atoms with Gasteiger partial charge < -0.3 is 4.42 Å². The molecule has 2 amide bonds. The number of anilines is 1. The van der Waals surface area contributed by atoms with Crippen LogP contribution in [0.15, 0.2) is 52.1 Å². The first-order chi connectivity index (χ1) is 15.2. The molecule has 0 aliphatic carbocycles. The molecule has 32 heavy (non-hydrogen) atoms. The van der Waals surface area contributed by atoms with Crippen molar-refractivity contribution in [3.05, 3.63) is 68.3 Å². The van der Waals surface area contributed by atoms with Crippen LogP contribution in [0.1, 0.15) is 12.0 Å². The van der Waals surface area contributed by atoms with E-state index >= 15 is 0 Å². The number of non-ortho nitro benzene ring substituents is 2. The highest BCUT2D eigenvalue weighted by Crippen LogP contribution is 2.35. The number of carbonyl (C=O) groups excluding carboxylic acids is 2. The van der Waals surface area contributed by atoms with Crippen LogP contribution in [0.2, 0.25) is 0 Å². The Morgan fingerprint density at radius 2 is 1.66 bits per heavy atom. The van der Waals surface area contributed by atoms with E-state index in [1.54, 1.807) is 24.3 Å². The number of imide groups is 1. The molecule has 0 bridgehead atoms. The van der Waals surface area contributed by atoms with Crippen LogP contribution >= 0.6 is 11.8 Å². The van der Waals surface area contributed by atoms with Gasteiger partial charge in [-0.25, -0.2) is 4.90 Å². The maximum Gasteiger partial charge on any atom is 0.277 e. The summed E-state index contributed by atoms with van der Waals surface area (Å²) in [6.07, 6.45) is -0.0721. The van der Waals surface area contributed by atoms with Crippen LogP contribution in [0.25, 0.3) is 11.5 Å². The van der Waals surface area contributed by atoms with E-state index < -0.39 is 32.4 Å². The summed E-state index contributed by atoms with van der Waals surface area (Å²) in [5.74, 6) is -0.994. The van der Waals surface area contributed by atoms with E-state index in [9.17, 15) is 29.8 Å². The number of aryl methyl sites for hydroxylation is 1. The van der Waals surface area contributed by atoms with Gasteiger partial charge in [0.1, 0.15) is 5.25 Å². The Kier molecular flexibility index (Phi) is 5.40. The van der Waals surface area contributed by atoms with Gasteiger partial charge in [0.2, 0.25) is 17.7 Å². The summed E-state index contributed by atoms with van der Waals surface area (Å²) in [4.78, 5) is 46.8. The van der Waals surface area contributed by atoms with Crippen LogP contribution in [0.5, 0.6) is 0 Å². The number of nitro groups is 2. The van der Waals surface area contributed by atoms with Crippen molar-refractivity contribution in [3.8, 4) is 11.5 Å². The lowest BCUT2D eigenvalue weighted by Gasteiger charge is -2.14. The van der Waals surface area contributed by atoms with Gasteiger partial charge in [-0.3, -0.25) is 29.8 Å². The van der Waals surface area contributed by atoms with E-state index in [-0.39, 0.29) is 29.0 Å². The van der Waals surface area contributed by atoms with Crippen LogP contribution in [0, 0.1) is 27.2 Å². The van der Waals surface area contributed by atoms with Crippen molar-refractivity contribution < 1.29 is 23.9 Å². The normalized spacial score (nSPS) is 15.9. The first-order valence-electron chi connectivity index (χ1n) is 9.11. The molecule has 4 rings (SSSR count). The molecule has 1 saturated heterocycles. The number of amides is 2. The van der Waals surface area contributed by atoms with E-state index in [0.29, 0.717) is 5.69 Å². The van der Waals surface area contributed by atoms with Crippen LogP contribution in [0.4, 0.5) is 17.1 Å². The number of nitro benzene ring substituents is 2. The zero-order chi connectivity index (χ0) is 23.0. The fourth-order valence-electron chi connectivity index (χ4n) is 3.09. The molecule has 12 nitrogen and oxygen atoms in total. The van der Waals surface area contributed by atoms with Gasteiger partial charge in [0.15, 0.2) is 0 Å². The highest BCUT2D eigenvalue weighted by atomic mass is 32.2. The quantitative estimate of drug-likeness (QED) is 0.306. The summed E-state index contributed by atoms with van der Waals surface area (Å²) in [5, 5.41) is 28.9. The molecule has 0 N–H and O–H groups in total. The molecule has 2 heterocycles. The van der Waals surface area contributed by atoms with Crippen LogP contribution in [-0.2, 0) is 9.59 Å². The predicted molar refractivity (Wildman–Crippen MR) is 111 cm³/mol. The van der Waals surface area contributed by atoms with E-state index in [1.165, 1.54) is 0 Å². The molecule has 0 radical (unpaired) electrons. The van der Waals surface area contributed by atoms with Crippen molar-refractivity contribution in [1.29, 1.82) is 0 Å². The summed E-state index contributed by atoms with van der Waals surface area (Å²) in [6, 6.07) is 9.89. The molecule has 0 spiro atoms. The monoisotopic (exact) mass is 455 g/mol. The number of thioether (sulfide) groups is 1. The summed E-state index contributed by atoms with van der Waals surface area (Å²) in [6.45, 7) is 1.89. The number of aromatic nitrogens is 2. The average molecular weight is 455 g/mol. The average Bonchev–Trinajstić information content (AvgIpc) is 3.33. The molecular weight excluding hydrogens is 442 g/mol. The van der Waals surface area contributed by atoms with Gasteiger partial charge in [-0.2, -0.15) is 0 Å². The summed E-state index contributed by atoms with van der Waals surface area (Å²) >= 11 is 0.881. The molecule has 1 atom stereocenters. The zero-order valence-corrected chi connectivity index (χ0v) is 17.1. The molecule has 13 heteroatoms. The van der Waals surface area contributed by atoms with Crippen LogP contribution in [0.3, 0.4) is 0 Å². The second-order valence-electron chi connectivity index (χ2n) is 6.84. The maximum atomic E-state index is 12.8. The first-order valence-corrected chi connectivity index (χ1v) is 9.99. The van der Waals surface area contributed by atoms with Gasteiger partial charge in [0.05, 0.1) is 27.2 Å². The second-order valence-corrected chi connectivity index (χ2v) is 7.99. The number of benzene rings is 2. The van der Waals surface area contributed by atoms with E-state index in [1.807, 2.05) is 6.92 Å². The highest BCUT2D eigenvalue weighted by molar-refractivity contribution is 8.00. The highest BCUT2D eigenvalue weighted by Gasteiger charge is 2.41. The Bertz CT molecular complexity index is 1220. The molecule has 0 saturated carbocycles. The van der Waals surface area contributed by atoms with Gasteiger partial charge in [-0.1, -0.05) is 29.5 Å². The van der Waals surface area contributed by atoms with Crippen molar-refractivity contribution >= 4 is 40.6 Å². The second kappa shape index (κ2) is 8.19. The Morgan fingerprint density at radius 3 is 2.25 bits per heavy atom. The zero-order valence-electron chi connectivity index (χ0n) is 16.3. The summed E-state index contributed by atoms with van der Waals surface area (Å²) in [5.41, 5.74) is 0.418. The first kappa shape index (κ1) is 21.1. The van der Waals surface area contributed by atoms with Crippen LogP contribution < -0.4 is 4.90 Å². The third kappa shape index (κ3) is 4.05. The Hall–Kier alpha value is -4.13. The predicted octanol–water partition coefficient (Wildman–Crippen LogP) is 3.29. The third-order valence-corrected chi connectivity index (χ3v) is 5.64. The largest absolute Gasteiger partial charge is 0.411 e. The van der Waals surface area contributed by atoms with Gasteiger partial charge in [-0.15, -0.1) is 10.2 Å². The van der Waals surface area contributed by atoms with E-state index in [2.05, 4.69) is 10.2 Å². The van der Waals surface area contributed by atoms with Gasteiger partial charge >= 0.3 is 0 Å². The number of nitrogens with zero attached hydrogens (tertiary/aromatic N) is 5. The lowest BCUT2D eigenvalue weighted by atomic mass is 10.2. The van der Waals surface area contributed by atoms with Gasteiger partial charge in [0, 0.05) is 18.6 Å². The minimum Gasteiger partial charge on any atom is -0.411 e. The van der Waals surface area contributed by atoms with Crippen molar-refractivity contribution in [3.63, 3.8) is 0 Å². The summed E-state index contributed by atoms with van der Waals surface area (Å²) in [7, 11) is 0. The fourth-order valence-corrected chi connectivity index (χ4v) is 3.98. The molecule has 1 unspecified atom stereocenters. The summed E-state index contributed by atoms with van der Waals surface area (Å²) < 4.78 is 5.45. The standard InChI is InChI=1S/C19H13N5O7S/c1-10-2-4-12(5-3-10)22-16(25)9-15(18(22)26)32-19-21-20-17(31-19)11-6-13(23(27)28)8-14(7-11)24(29)30/h2-8,15H,9H2,1H3. The Morgan fingerprint density at radius 1 is 1.03 bits per heavy atom. The van der Waals surface area contributed by atoms with Crippen molar-refractivity contribution in [2.45, 2.75) is 23.8 Å². The molecule has 3 aromatic rings. The minimum atomic E-state index is -0.795. The minimum absolute atomic E-state index is 0.0136. The number of carbonyl (C=O) groups is 2. The fraction of sp³-hybridized carbons (Fsp3) is 0.158. The molecule has 162 valence electrons. The molecule has 2 aromatic carbocycles. The number of hydrogen-bond donors (Lipinski definition) is 0. The molecular formula is C19H13N5O7S. The third-order valence-electron chi connectivity index (χ3n) is 4.62. The molecule has 1 aliphatic rings. The lowest BCUT2D eigenvalue weighted by Crippen LogP contribution is -2.31. The maximum absolute atomic E-state index is 12.8. The molecule has 1 fully saturated rings. The van der Waals surface area contributed by atoms with Crippen molar-refractivity contribution in [2.24, 2.45) is 0 Å². The topological polar surface area (TPSA) is 163 Å². The van der Waals surface area contributed by atoms with E-state index in [0.717, 1.165) is 40.4 Å². The van der Waals surface area contributed by atoms with Gasteiger partial charge in [0.25, 0.3) is 16.6 Å². The Balaban J connectivity index is 1.56. The molecule has 1 aromatic heterocycles. The smallest absolute Gasteiger partial charge is 0.277 e. The SMILES string of the molecule is Cc1ccc(N2C(=O)CC(Sc3nnc(-c4cc([N+](=O)[O-])cc([N+](=O)[O-])c4)o3)C2=O)cc1. The van der Waals surface area contributed by atoms with E-state index in [4.69, 9.17) is 4.42 Å². The number of hydrogen-bond acceptors (Lipinski definition) is 10. The lowest BCUT2D eigenvalue weighted by molar-refractivity contribution is -0.394. The van der Waals surface area contributed by atoms with Crippen LogP contribution in [-0.4, -0.2) is 37.1 Å². The number of rotatable bonds is 6. The van der Waals surface area contributed by atoms with Crippen molar-refractivity contribution in [2.75, 3.05) is 4.90 Å². The Labute approximate surface area is 183 Å². The van der Waals surface area contributed by atoms with Gasteiger partial charge in [-0.05, 0) is 19.1 Å². The van der Waals surface area contributed by atoms with Crippen molar-refractivity contribution in [1.82, 2.24) is 10.2 Å². The molecule has 1 aliphatic heterocycles.